The highest BCUT2D eigenvalue weighted by Crippen LogP contribution is 2.01. The quantitative estimate of drug-likeness (QED) is 0.309. The summed E-state index contributed by atoms with van der Waals surface area (Å²) in [5, 5.41) is 10.8. The molecule has 2 aromatic rings. The summed E-state index contributed by atoms with van der Waals surface area (Å²) in [4.78, 5) is 4.58. The lowest BCUT2D eigenvalue weighted by molar-refractivity contribution is 0.743. The van der Waals surface area contributed by atoms with Crippen molar-refractivity contribution in [2.75, 3.05) is 13.1 Å². The molecule has 0 unspecified atom stereocenters. The Morgan fingerprint density at radius 2 is 1.96 bits per heavy atom. The van der Waals surface area contributed by atoms with Gasteiger partial charge in [0, 0.05) is 31.9 Å². The van der Waals surface area contributed by atoms with Gasteiger partial charge in [0.2, 0.25) is 0 Å². The Balaban J connectivity index is 0.00000264. The molecule has 0 amide bonds. The number of aromatic nitrogens is 2. The summed E-state index contributed by atoms with van der Waals surface area (Å²) in [6, 6.07) is 10.6. The summed E-state index contributed by atoms with van der Waals surface area (Å²) in [5.41, 5.74) is 2.49. The molecule has 23 heavy (non-hydrogen) atoms. The van der Waals surface area contributed by atoms with Gasteiger partial charge in [-0.15, -0.1) is 24.0 Å². The highest BCUT2D eigenvalue weighted by Gasteiger charge is 1.99. The molecule has 6 heteroatoms. The molecule has 0 aliphatic rings. The van der Waals surface area contributed by atoms with E-state index in [-0.39, 0.29) is 24.0 Å². The molecule has 0 spiro atoms. The van der Waals surface area contributed by atoms with Crippen LogP contribution in [0.15, 0.2) is 47.7 Å². The summed E-state index contributed by atoms with van der Waals surface area (Å²) >= 11 is 0. The number of hydrogen-bond acceptors (Lipinski definition) is 2. The van der Waals surface area contributed by atoms with Crippen LogP contribution in [0.4, 0.5) is 0 Å². The van der Waals surface area contributed by atoms with E-state index in [2.05, 4.69) is 58.0 Å². The molecule has 1 aromatic carbocycles. The van der Waals surface area contributed by atoms with E-state index in [9.17, 15) is 0 Å². The zero-order valence-electron chi connectivity index (χ0n) is 13.8. The number of halogens is 1. The fourth-order valence-electron chi connectivity index (χ4n) is 2.21. The van der Waals surface area contributed by atoms with Crippen LogP contribution < -0.4 is 10.6 Å². The van der Waals surface area contributed by atoms with Crippen LogP contribution in [0.1, 0.15) is 24.5 Å². The monoisotopic (exact) mass is 427 g/mol. The molecular formula is C17H26IN5. The van der Waals surface area contributed by atoms with Gasteiger partial charge in [0.05, 0.1) is 12.7 Å². The molecule has 2 rings (SSSR count). The van der Waals surface area contributed by atoms with Crippen LogP contribution in [0.5, 0.6) is 0 Å². The van der Waals surface area contributed by atoms with Gasteiger partial charge < -0.3 is 10.6 Å². The van der Waals surface area contributed by atoms with E-state index in [1.165, 1.54) is 5.56 Å². The molecule has 1 heterocycles. The van der Waals surface area contributed by atoms with Gasteiger partial charge in [-0.2, -0.15) is 5.10 Å². The minimum atomic E-state index is 0. The Morgan fingerprint density at radius 1 is 1.17 bits per heavy atom. The molecule has 5 nitrogen and oxygen atoms in total. The van der Waals surface area contributed by atoms with Gasteiger partial charge in [-0.1, -0.05) is 30.3 Å². The average molecular weight is 427 g/mol. The van der Waals surface area contributed by atoms with Crippen LogP contribution in [0, 0.1) is 0 Å². The Bertz CT molecular complexity index is 580. The first-order chi connectivity index (χ1) is 10.8. The highest BCUT2D eigenvalue weighted by atomic mass is 127. The summed E-state index contributed by atoms with van der Waals surface area (Å²) in [5.74, 6) is 0.861. The van der Waals surface area contributed by atoms with Gasteiger partial charge in [-0.25, -0.2) is 4.99 Å². The number of aryl methyl sites for hydroxylation is 2. The molecule has 0 fully saturated rings. The van der Waals surface area contributed by atoms with Crippen molar-refractivity contribution in [3.8, 4) is 0 Å². The van der Waals surface area contributed by atoms with Crippen LogP contribution in [0.2, 0.25) is 0 Å². The molecule has 0 radical (unpaired) electrons. The molecule has 0 aliphatic carbocycles. The first-order valence-corrected chi connectivity index (χ1v) is 7.81. The van der Waals surface area contributed by atoms with Gasteiger partial charge in [0.15, 0.2) is 5.96 Å². The molecule has 0 atom stereocenters. The van der Waals surface area contributed by atoms with Crippen LogP contribution in [-0.2, 0) is 20.0 Å². The summed E-state index contributed by atoms with van der Waals surface area (Å²) in [6.07, 6.45) is 6.00. The lowest BCUT2D eigenvalue weighted by Gasteiger charge is -2.11. The van der Waals surface area contributed by atoms with Crippen molar-refractivity contribution in [2.24, 2.45) is 12.0 Å². The number of rotatable bonds is 7. The van der Waals surface area contributed by atoms with Gasteiger partial charge in [0.1, 0.15) is 0 Å². The number of nitrogens with one attached hydrogen (secondary N) is 2. The number of guanidine groups is 1. The normalized spacial score (nSPS) is 11.0. The van der Waals surface area contributed by atoms with Crippen molar-refractivity contribution < 1.29 is 0 Å². The molecule has 0 saturated carbocycles. The lowest BCUT2D eigenvalue weighted by atomic mass is 10.1. The van der Waals surface area contributed by atoms with Crippen LogP contribution >= 0.6 is 24.0 Å². The van der Waals surface area contributed by atoms with Crippen LogP contribution in [0.3, 0.4) is 0 Å². The number of nitrogens with zero attached hydrogens (tertiary/aromatic N) is 3. The predicted octanol–water partition coefficient (Wildman–Crippen LogP) is 2.73. The van der Waals surface area contributed by atoms with Crippen molar-refractivity contribution in [1.82, 2.24) is 20.4 Å². The van der Waals surface area contributed by atoms with Crippen molar-refractivity contribution in [3.05, 3.63) is 53.9 Å². The van der Waals surface area contributed by atoms with Gasteiger partial charge in [-0.05, 0) is 25.3 Å². The molecule has 0 bridgehead atoms. The third-order valence-corrected chi connectivity index (χ3v) is 3.30. The first kappa shape index (κ1) is 19.5. The molecule has 0 saturated heterocycles. The first-order valence-electron chi connectivity index (χ1n) is 7.81. The summed E-state index contributed by atoms with van der Waals surface area (Å²) < 4.78 is 1.80. The molecule has 126 valence electrons. The van der Waals surface area contributed by atoms with Gasteiger partial charge in [0.25, 0.3) is 0 Å². The number of benzene rings is 1. The van der Waals surface area contributed by atoms with Crippen molar-refractivity contribution in [3.63, 3.8) is 0 Å². The highest BCUT2D eigenvalue weighted by molar-refractivity contribution is 14.0. The summed E-state index contributed by atoms with van der Waals surface area (Å²) in [6.45, 7) is 4.48. The van der Waals surface area contributed by atoms with Crippen molar-refractivity contribution in [1.29, 1.82) is 0 Å². The lowest BCUT2D eigenvalue weighted by Crippen LogP contribution is -2.37. The second-order valence-electron chi connectivity index (χ2n) is 5.23. The standard InChI is InChI=1S/C17H25N5.HI/c1-3-18-17(20-12-16-13-21-22(2)14-16)19-11-7-10-15-8-5-4-6-9-15;/h4-6,8-9,13-14H,3,7,10-12H2,1-2H3,(H2,18,19,20);1H. The second-order valence-corrected chi connectivity index (χ2v) is 5.23. The summed E-state index contributed by atoms with van der Waals surface area (Å²) in [7, 11) is 1.92. The molecule has 1 aromatic heterocycles. The zero-order chi connectivity index (χ0) is 15.6. The predicted molar refractivity (Wildman–Crippen MR) is 106 cm³/mol. The van der Waals surface area contributed by atoms with Crippen molar-refractivity contribution in [2.45, 2.75) is 26.3 Å². The Hall–Kier alpha value is -1.57. The fourth-order valence-corrected chi connectivity index (χ4v) is 2.21. The minimum absolute atomic E-state index is 0. The Morgan fingerprint density at radius 3 is 2.61 bits per heavy atom. The van der Waals surface area contributed by atoms with Gasteiger partial charge in [-0.3, -0.25) is 4.68 Å². The second kappa shape index (κ2) is 11.0. The van der Waals surface area contributed by atoms with E-state index in [4.69, 9.17) is 0 Å². The topological polar surface area (TPSA) is 54.2 Å². The number of aliphatic imine (C=N–C) groups is 1. The van der Waals surface area contributed by atoms with E-state index in [1.807, 2.05) is 19.4 Å². The average Bonchev–Trinajstić information content (AvgIpc) is 2.95. The van der Waals surface area contributed by atoms with E-state index in [0.29, 0.717) is 6.54 Å². The van der Waals surface area contributed by atoms with Crippen LogP contribution in [0.25, 0.3) is 0 Å². The Kier molecular flexibility index (Phi) is 9.35. The zero-order valence-corrected chi connectivity index (χ0v) is 16.2. The van der Waals surface area contributed by atoms with E-state index >= 15 is 0 Å². The third-order valence-electron chi connectivity index (χ3n) is 3.30. The SMILES string of the molecule is CCNC(=NCc1cnn(C)c1)NCCCc1ccccc1.I. The minimum Gasteiger partial charge on any atom is -0.357 e. The van der Waals surface area contributed by atoms with Gasteiger partial charge >= 0.3 is 0 Å². The molecule has 0 aliphatic heterocycles. The largest absolute Gasteiger partial charge is 0.357 e. The van der Waals surface area contributed by atoms with E-state index in [1.54, 1.807) is 4.68 Å². The fraction of sp³-hybridized carbons (Fsp3) is 0.412. The molecule has 2 N–H and O–H groups in total. The number of hydrogen-bond donors (Lipinski definition) is 2. The molecular weight excluding hydrogens is 401 g/mol. The van der Waals surface area contributed by atoms with E-state index < -0.39 is 0 Å². The maximum atomic E-state index is 4.58. The van der Waals surface area contributed by atoms with Crippen LogP contribution in [-0.4, -0.2) is 28.8 Å². The van der Waals surface area contributed by atoms with E-state index in [0.717, 1.165) is 37.5 Å². The third kappa shape index (κ3) is 7.49. The Labute approximate surface area is 155 Å². The maximum Gasteiger partial charge on any atom is 0.191 e. The smallest absolute Gasteiger partial charge is 0.191 e. The maximum absolute atomic E-state index is 4.58. The van der Waals surface area contributed by atoms with Crippen molar-refractivity contribution >= 4 is 29.9 Å².